The molecule has 0 radical (unpaired) electrons. The molecule has 3 heterocycles. The Bertz CT molecular complexity index is 1290. The van der Waals surface area contributed by atoms with Crippen molar-refractivity contribution in [1.82, 2.24) is 19.7 Å². The molecule has 0 aliphatic carbocycles. The zero-order chi connectivity index (χ0) is 23.7. The van der Waals surface area contributed by atoms with E-state index in [2.05, 4.69) is 60.4 Å². The van der Waals surface area contributed by atoms with E-state index >= 15 is 0 Å². The smallest absolute Gasteiger partial charge is 0.266 e. The van der Waals surface area contributed by atoms with E-state index < -0.39 is 0 Å². The Hall–Kier alpha value is -3.45. The minimum absolute atomic E-state index is 0.0694. The van der Waals surface area contributed by atoms with Crippen molar-refractivity contribution in [2.24, 2.45) is 0 Å². The molecular weight excluding hydrogens is 442 g/mol. The fourth-order valence-electron chi connectivity index (χ4n) is 4.54. The summed E-state index contributed by atoms with van der Waals surface area (Å²) in [6.45, 7) is 9.13. The highest BCUT2D eigenvalue weighted by molar-refractivity contribution is 7.16. The third-order valence-electron chi connectivity index (χ3n) is 6.51. The molecular formula is C27H29N5OS. The molecule has 0 spiro atoms. The van der Waals surface area contributed by atoms with Crippen LogP contribution in [0.5, 0.6) is 0 Å². The summed E-state index contributed by atoms with van der Waals surface area (Å²) in [6, 6.07) is 20.8. The van der Waals surface area contributed by atoms with E-state index in [1.807, 2.05) is 35.6 Å². The van der Waals surface area contributed by atoms with Gasteiger partial charge in [-0.25, -0.2) is 9.67 Å². The first-order valence-corrected chi connectivity index (χ1v) is 12.5. The van der Waals surface area contributed by atoms with Gasteiger partial charge in [0.05, 0.1) is 11.4 Å². The van der Waals surface area contributed by atoms with Gasteiger partial charge in [0.2, 0.25) is 5.13 Å². The van der Waals surface area contributed by atoms with Gasteiger partial charge in [-0.1, -0.05) is 59.9 Å². The summed E-state index contributed by atoms with van der Waals surface area (Å²) in [5.41, 5.74) is 6.53. The second-order valence-corrected chi connectivity index (χ2v) is 9.73. The third-order valence-corrected chi connectivity index (χ3v) is 7.63. The van der Waals surface area contributed by atoms with Gasteiger partial charge < -0.3 is 9.80 Å². The van der Waals surface area contributed by atoms with E-state index in [-0.39, 0.29) is 5.91 Å². The van der Waals surface area contributed by atoms with Crippen molar-refractivity contribution in [1.29, 1.82) is 0 Å². The number of piperazine rings is 1. The van der Waals surface area contributed by atoms with E-state index in [4.69, 9.17) is 10.1 Å². The zero-order valence-electron chi connectivity index (χ0n) is 19.9. The quantitative estimate of drug-likeness (QED) is 0.419. The predicted molar refractivity (Wildman–Crippen MR) is 137 cm³/mol. The number of thiazole rings is 1. The molecule has 0 unspecified atom stereocenters. The third kappa shape index (κ3) is 4.35. The molecule has 1 fully saturated rings. The van der Waals surface area contributed by atoms with Gasteiger partial charge >= 0.3 is 0 Å². The van der Waals surface area contributed by atoms with E-state index in [0.717, 1.165) is 41.7 Å². The topological polar surface area (TPSA) is 54.3 Å². The summed E-state index contributed by atoms with van der Waals surface area (Å²) < 4.78 is 1.90. The lowest BCUT2D eigenvalue weighted by atomic mass is 10.0. The number of anilines is 1. The summed E-state index contributed by atoms with van der Waals surface area (Å²) in [4.78, 5) is 23.1. The van der Waals surface area contributed by atoms with Crippen molar-refractivity contribution in [2.75, 3.05) is 31.1 Å². The van der Waals surface area contributed by atoms with Crippen molar-refractivity contribution in [3.05, 3.63) is 93.7 Å². The second kappa shape index (κ2) is 9.43. The second-order valence-electron chi connectivity index (χ2n) is 8.75. The normalized spacial score (nSPS) is 14.0. The van der Waals surface area contributed by atoms with Crippen LogP contribution in [0.2, 0.25) is 0 Å². The molecule has 0 bridgehead atoms. The van der Waals surface area contributed by atoms with Crippen LogP contribution >= 0.6 is 11.3 Å². The molecule has 2 aromatic carbocycles. The molecule has 1 aliphatic rings. The molecule has 0 N–H and O–H groups in total. The van der Waals surface area contributed by atoms with E-state index in [9.17, 15) is 4.79 Å². The molecule has 0 saturated carbocycles. The monoisotopic (exact) mass is 471 g/mol. The lowest BCUT2D eigenvalue weighted by molar-refractivity contribution is 0.0750. The number of carbonyl (C=O) groups is 1. The minimum Gasteiger partial charge on any atom is -0.368 e. The molecule has 7 heteroatoms. The average Bonchev–Trinajstić information content (AvgIpc) is 3.39. The van der Waals surface area contributed by atoms with Crippen LogP contribution in [0, 0.1) is 20.8 Å². The Balaban J connectivity index is 1.33. The standard InChI is InChI=1S/C27H29N5OS/c1-19-24(18-22-10-6-4-7-11-22)21(3)32(29-19)27-28-20(2)25(34-27)26(33)31-16-14-30(15-17-31)23-12-8-5-9-13-23/h4-13H,14-18H2,1-3H3. The Kier molecular flexibility index (Phi) is 6.20. The molecule has 34 heavy (non-hydrogen) atoms. The highest BCUT2D eigenvalue weighted by Crippen LogP contribution is 2.27. The van der Waals surface area contributed by atoms with E-state index in [1.165, 1.54) is 28.2 Å². The van der Waals surface area contributed by atoms with Crippen LogP contribution in [-0.4, -0.2) is 51.8 Å². The minimum atomic E-state index is 0.0694. The summed E-state index contributed by atoms with van der Waals surface area (Å²) >= 11 is 1.44. The summed E-state index contributed by atoms with van der Waals surface area (Å²) in [7, 11) is 0. The van der Waals surface area contributed by atoms with E-state index in [0.29, 0.717) is 18.0 Å². The molecule has 6 nitrogen and oxygen atoms in total. The number of carbonyl (C=O) groups excluding carboxylic acids is 1. The van der Waals surface area contributed by atoms with Gasteiger partial charge in [-0.2, -0.15) is 5.10 Å². The first-order valence-electron chi connectivity index (χ1n) is 11.7. The number of para-hydroxylation sites is 1. The maximum atomic E-state index is 13.4. The lowest BCUT2D eigenvalue weighted by Gasteiger charge is -2.36. The first-order chi connectivity index (χ1) is 16.5. The SMILES string of the molecule is Cc1nc(-n2nc(C)c(Cc3ccccc3)c2C)sc1C(=O)N1CCN(c2ccccc2)CC1. The number of hydrogen-bond acceptors (Lipinski definition) is 5. The van der Waals surface area contributed by atoms with Crippen LogP contribution < -0.4 is 4.90 Å². The van der Waals surface area contributed by atoms with E-state index in [1.54, 1.807) is 0 Å². The van der Waals surface area contributed by atoms with Crippen LogP contribution in [-0.2, 0) is 6.42 Å². The van der Waals surface area contributed by atoms with Crippen LogP contribution in [0.1, 0.15) is 37.9 Å². The van der Waals surface area contributed by atoms with Gasteiger partial charge in [0, 0.05) is 49.5 Å². The van der Waals surface area contributed by atoms with Crippen molar-refractivity contribution >= 4 is 22.9 Å². The van der Waals surface area contributed by atoms with Crippen molar-refractivity contribution in [2.45, 2.75) is 27.2 Å². The molecule has 1 saturated heterocycles. The van der Waals surface area contributed by atoms with Gasteiger partial charge in [-0.05, 0) is 38.5 Å². The molecule has 0 atom stereocenters. The molecule has 2 aromatic heterocycles. The van der Waals surface area contributed by atoms with Crippen molar-refractivity contribution < 1.29 is 4.79 Å². The highest BCUT2D eigenvalue weighted by Gasteiger charge is 2.26. The average molecular weight is 472 g/mol. The van der Waals surface area contributed by atoms with Crippen LogP contribution in [0.4, 0.5) is 5.69 Å². The number of aryl methyl sites for hydroxylation is 2. The van der Waals surface area contributed by atoms with Crippen LogP contribution in [0.3, 0.4) is 0 Å². The van der Waals surface area contributed by atoms with Gasteiger partial charge in [-0.3, -0.25) is 4.79 Å². The number of benzene rings is 2. The maximum Gasteiger partial charge on any atom is 0.266 e. The first kappa shape index (κ1) is 22.3. The number of nitrogens with zero attached hydrogens (tertiary/aromatic N) is 5. The number of hydrogen-bond donors (Lipinski definition) is 0. The Morgan fingerprint density at radius 3 is 2.21 bits per heavy atom. The Labute approximate surface area is 204 Å². The summed E-state index contributed by atoms with van der Waals surface area (Å²) in [6.07, 6.45) is 0.834. The highest BCUT2D eigenvalue weighted by atomic mass is 32.1. The summed E-state index contributed by atoms with van der Waals surface area (Å²) in [5, 5.41) is 5.53. The van der Waals surface area contributed by atoms with Crippen molar-refractivity contribution in [3.63, 3.8) is 0 Å². The number of rotatable bonds is 5. The van der Waals surface area contributed by atoms with Crippen molar-refractivity contribution in [3.8, 4) is 5.13 Å². The Morgan fingerprint density at radius 2 is 1.53 bits per heavy atom. The molecule has 4 aromatic rings. The summed E-state index contributed by atoms with van der Waals surface area (Å²) in [5.74, 6) is 0.0694. The fraction of sp³-hybridized carbons (Fsp3) is 0.296. The van der Waals surface area contributed by atoms with Crippen LogP contribution in [0.25, 0.3) is 5.13 Å². The van der Waals surface area contributed by atoms with Gasteiger partial charge in [0.25, 0.3) is 5.91 Å². The predicted octanol–water partition coefficient (Wildman–Crippen LogP) is 4.81. The lowest BCUT2D eigenvalue weighted by Crippen LogP contribution is -2.48. The molecule has 5 rings (SSSR count). The number of aromatic nitrogens is 3. The van der Waals surface area contributed by atoms with Gasteiger partial charge in [0.15, 0.2) is 0 Å². The largest absolute Gasteiger partial charge is 0.368 e. The van der Waals surface area contributed by atoms with Gasteiger partial charge in [-0.15, -0.1) is 0 Å². The maximum absolute atomic E-state index is 13.4. The Morgan fingerprint density at radius 1 is 0.882 bits per heavy atom. The van der Waals surface area contributed by atoms with Gasteiger partial charge in [0.1, 0.15) is 4.88 Å². The number of amides is 1. The molecule has 174 valence electrons. The zero-order valence-corrected chi connectivity index (χ0v) is 20.7. The molecule has 1 amide bonds. The molecule has 1 aliphatic heterocycles. The van der Waals surface area contributed by atoms with Crippen LogP contribution in [0.15, 0.2) is 60.7 Å². The fourth-order valence-corrected chi connectivity index (χ4v) is 5.58.